The van der Waals surface area contributed by atoms with Gasteiger partial charge in [-0.2, -0.15) is 0 Å². The van der Waals surface area contributed by atoms with Gasteiger partial charge in [-0.25, -0.2) is 4.98 Å². The number of carbonyl (C=O) groups excluding carboxylic acids is 2. The Morgan fingerprint density at radius 2 is 1.47 bits per heavy atom. The number of thiazole rings is 1. The third kappa shape index (κ3) is 5.69. The second-order valence-electron chi connectivity index (χ2n) is 9.12. The maximum atomic E-state index is 12.8. The number of halogens is 1. The molecular formula is C30H24ClN3O3S. The lowest BCUT2D eigenvalue weighted by molar-refractivity contribution is -0.133. The van der Waals surface area contributed by atoms with Crippen LogP contribution < -0.4 is 15.6 Å². The Bertz CT molecular complexity index is 1560. The van der Waals surface area contributed by atoms with Crippen molar-refractivity contribution in [2.75, 3.05) is 5.43 Å². The summed E-state index contributed by atoms with van der Waals surface area (Å²) < 4.78 is 7.07. The van der Waals surface area contributed by atoms with Crippen molar-refractivity contribution >= 4 is 50.5 Å². The number of hydrogen-bond acceptors (Lipinski definition) is 6. The van der Waals surface area contributed by atoms with Crippen LogP contribution in [0.4, 0.5) is 5.69 Å². The number of ketones is 1. The molecule has 0 aliphatic carbocycles. The highest BCUT2D eigenvalue weighted by Crippen LogP contribution is 2.30. The second-order valence-corrected chi connectivity index (χ2v) is 10.6. The van der Waals surface area contributed by atoms with Crippen LogP contribution in [0.3, 0.4) is 0 Å². The smallest absolute Gasteiger partial charge is 0.281 e. The number of hydrazine groups is 1. The highest BCUT2D eigenvalue weighted by atomic mass is 35.5. The third-order valence-electron chi connectivity index (χ3n) is 5.89. The maximum Gasteiger partial charge on any atom is 0.281 e. The van der Waals surface area contributed by atoms with Crippen LogP contribution in [0.5, 0.6) is 5.75 Å². The molecular weight excluding hydrogens is 518 g/mol. The van der Waals surface area contributed by atoms with E-state index in [1.807, 2.05) is 42.5 Å². The monoisotopic (exact) mass is 541 g/mol. The molecule has 6 nitrogen and oxygen atoms in total. The quantitative estimate of drug-likeness (QED) is 0.161. The van der Waals surface area contributed by atoms with Gasteiger partial charge in [-0.05, 0) is 98.8 Å². The summed E-state index contributed by atoms with van der Waals surface area (Å²) in [6.45, 7) is 3.35. The lowest BCUT2D eigenvalue weighted by Crippen LogP contribution is -2.48. The molecule has 0 saturated carbocycles. The molecule has 0 fully saturated rings. The summed E-state index contributed by atoms with van der Waals surface area (Å²) in [4.78, 5) is 30.2. The predicted molar refractivity (Wildman–Crippen MR) is 153 cm³/mol. The molecule has 0 saturated heterocycles. The number of aromatic nitrogens is 1. The average Bonchev–Trinajstić information content (AvgIpc) is 3.37. The summed E-state index contributed by atoms with van der Waals surface area (Å²) in [6, 6.07) is 29.1. The van der Waals surface area contributed by atoms with Gasteiger partial charge in [0.2, 0.25) is 0 Å². The lowest BCUT2D eigenvalue weighted by Gasteiger charge is -2.25. The number of hydrogen-bond donors (Lipinski definition) is 2. The number of amides is 1. The van der Waals surface area contributed by atoms with E-state index in [0.717, 1.165) is 26.5 Å². The van der Waals surface area contributed by atoms with Crippen LogP contribution in [0.2, 0.25) is 5.02 Å². The van der Waals surface area contributed by atoms with Crippen LogP contribution >= 0.6 is 22.9 Å². The Balaban J connectivity index is 1.17. The molecule has 0 spiro atoms. The summed E-state index contributed by atoms with van der Waals surface area (Å²) in [7, 11) is 0. The number of nitrogens with zero attached hydrogens (tertiary/aromatic N) is 1. The summed E-state index contributed by atoms with van der Waals surface area (Å²) in [6.07, 6.45) is 0. The molecule has 0 unspecified atom stereocenters. The van der Waals surface area contributed by atoms with Gasteiger partial charge >= 0.3 is 0 Å². The molecule has 0 aliphatic rings. The number of benzene rings is 4. The molecule has 0 aliphatic heterocycles. The van der Waals surface area contributed by atoms with Crippen LogP contribution in [0.15, 0.2) is 97.1 Å². The fourth-order valence-electron chi connectivity index (χ4n) is 3.75. The zero-order valence-corrected chi connectivity index (χ0v) is 22.3. The highest BCUT2D eigenvalue weighted by molar-refractivity contribution is 7.21. The van der Waals surface area contributed by atoms with Crippen LogP contribution in [-0.2, 0) is 4.79 Å². The minimum Gasteiger partial charge on any atom is -0.478 e. The van der Waals surface area contributed by atoms with E-state index < -0.39 is 5.60 Å². The summed E-state index contributed by atoms with van der Waals surface area (Å²) >= 11 is 7.54. The summed E-state index contributed by atoms with van der Waals surface area (Å²) in [5, 5.41) is 1.51. The SMILES string of the molecule is CC(C)(Oc1ccc(C(=O)c2ccc(Cl)cc2)cc1)C(=O)NNc1ccc(-c2nc3ccccc3s2)cc1. The zero-order chi connectivity index (χ0) is 26.7. The molecule has 190 valence electrons. The molecule has 1 heterocycles. The van der Waals surface area contributed by atoms with Crippen LogP contribution in [0.25, 0.3) is 20.8 Å². The Kier molecular flexibility index (Phi) is 7.13. The normalized spacial score (nSPS) is 11.2. The highest BCUT2D eigenvalue weighted by Gasteiger charge is 2.30. The van der Waals surface area contributed by atoms with Gasteiger partial charge < -0.3 is 4.74 Å². The Morgan fingerprint density at radius 1 is 0.842 bits per heavy atom. The van der Waals surface area contributed by atoms with Gasteiger partial charge in [-0.15, -0.1) is 11.3 Å². The fraction of sp³-hybridized carbons (Fsp3) is 0.100. The van der Waals surface area contributed by atoms with E-state index in [-0.39, 0.29) is 11.7 Å². The minimum absolute atomic E-state index is 0.122. The van der Waals surface area contributed by atoms with Gasteiger partial charge in [0, 0.05) is 21.7 Å². The number of nitrogens with one attached hydrogen (secondary N) is 2. The molecule has 4 aromatic carbocycles. The van der Waals surface area contributed by atoms with E-state index in [0.29, 0.717) is 21.9 Å². The maximum absolute atomic E-state index is 12.8. The van der Waals surface area contributed by atoms with Gasteiger partial charge in [0.1, 0.15) is 10.8 Å². The standard InChI is InChI=1S/C30H24ClN3O3S/c1-30(2,37-24-17-11-20(12-18-24)27(35)19-7-13-22(31)14-8-19)29(36)34-33-23-15-9-21(10-16-23)28-32-25-5-3-4-6-26(25)38-28/h3-18,33H,1-2H3,(H,34,36). The molecule has 8 heteroatoms. The predicted octanol–water partition coefficient (Wildman–Crippen LogP) is 7.15. The van der Waals surface area contributed by atoms with Gasteiger partial charge in [0.25, 0.3) is 5.91 Å². The molecule has 1 aromatic heterocycles. The molecule has 0 radical (unpaired) electrons. The van der Waals surface area contributed by atoms with E-state index >= 15 is 0 Å². The van der Waals surface area contributed by atoms with Crippen molar-refractivity contribution in [3.05, 3.63) is 113 Å². The zero-order valence-electron chi connectivity index (χ0n) is 20.7. The first kappa shape index (κ1) is 25.4. The Morgan fingerprint density at radius 3 is 2.13 bits per heavy atom. The minimum atomic E-state index is -1.17. The molecule has 1 amide bonds. The van der Waals surface area contributed by atoms with Crippen LogP contribution in [-0.4, -0.2) is 22.3 Å². The Hall–Kier alpha value is -4.20. The van der Waals surface area contributed by atoms with Gasteiger partial charge in [0.05, 0.1) is 15.9 Å². The van der Waals surface area contributed by atoms with E-state index in [9.17, 15) is 9.59 Å². The first-order valence-electron chi connectivity index (χ1n) is 11.9. The topological polar surface area (TPSA) is 80.3 Å². The first-order valence-corrected chi connectivity index (χ1v) is 13.1. The van der Waals surface area contributed by atoms with E-state index in [1.54, 1.807) is 73.7 Å². The van der Waals surface area contributed by atoms with Crippen molar-refractivity contribution in [2.24, 2.45) is 0 Å². The Labute approximate surface area is 229 Å². The molecule has 5 aromatic rings. The molecule has 0 atom stereocenters. The van der Waals surface area contributed by atoms with Crippen molar-refractivity contribution in [2.45, 2.75) is 19.4 Å². The summed E-state index contributed by atoms with van der Waals surface area (Å²) in [5.74, 6) is -0.00404. The number of ether oxygens (including phenoxy) is 1. The van der Waals surface area contributed by atoms with Crippen LogP contribution in [0, 0.1) is 0 Å². The van der Waals surface area contributed by atoms with Crippen LogP contribution in [0.1, 0.15) is 29.8 Å². The third-order valence-corrected chi connectivity index (χ3v) is 7.23. The van der Waals surface area contributed by atoms with E-state index in [4.69, 9.17) is 16.3 Å². The van der Waals surface area contributed by atoms with Crippen molar-refractivity contribution in [3.8, 4) is 16.3 Å². The number of rotatable bonds is 8. The number of para-hydroxylation sites is 1. The molecule has 0 bridgehead atoms. The fourth-order valence-corrected chi connectivity index (χ4v) is 4.85. The van der Waals surface area contributed by atoms with Crippen molar-refractivity contribution < 1.29 is 14.3 Å². The van der Waals surface area contributed by atoms with Crippen molar-refractivity contribution in [1.82, 2.24) is 10.4 Å². The van der Waals surface area contributed by atoms with Crippen molar-refractivity contribution in [1.29, 1.82) is 0 Å². The average molecular weight is 542 g/mol. The number of anilines is 1. The molecule has 5 rings (SSSR count). The number of carbonyl (C=O) groups is 2. The summed E-state index contributed by atoms with van der Waals surface area (Å²) in [5.41, 5.74) is 8.23. The van der Waals surface area contributed by atoms with Gasteiger partial charge in [-0.1, -0.05) is 23.7 Å². The molecule has 2 N–H and O–H groups in total. The second kappa shape index (κ2) is 10.7. The number of fused-ring (bicyclic) bond motifs is 1. The van der Waals surface area contributed by atoms with Gasteiger partial charge in [0.15, 0.2) is 11.4 Å². The van der Waals surface area contributed by atoms with E-state index in [2.05, 4.69) is 21.9 Å². The van der Waals surface area contributed by atoms with E-state index in [1.165, 1.54) is 0 Å². The lowest BCUT2D eigenvalue weighted by atomic mass is 10.0. The molecule has 38 heavy (non-hydrogen) atoms. The van der Waals surface area contributed by atoms with Gasteiger partial charge in [-0.3, -0.25) is 20.4 Å². The largest absolute Gasteiger partial charge is 0.478 e. The van der Waals surface area contributed by atoms with Crippen molar-refractivity contribution in [3.63, 3.8) is 0 Å². The first-order chi connectivity index (χ1) is 18.3.